The minimum Gasteiger partial charge on any atom is -0.456 e. The van der Waals surface area contributed by atoms with Crippen molar-refractivity contribution in [3.8, 4) is 0 Å². The molecule has 1 saturated carbocycles. The summed E-state index contributed by atoms with van der Waals surface area (Å²) >= 11 is 0. The van der Waals surface area contributed by atoms with E-state index in [1.165, 1.54) is 0 Å². The molecule has 2 rings (SSSR count). The quantitative estimate of drug-likeness (QED) is 0.746. The molecule has 0 saturated heterocycles. The van der Waals surface area contributed by atoms with Crippen LogP contribution in [0.4, 0.5) is 5.95 Å². The molecule has 3 N–H and O–H groups in total. The summed E-state index contributed by atoms with van der Waals surface area (Å²) in [5.74, 6) is -0.437. The van der Waals surface area contributed by atoms with Crippen molar-refractivity contribution in [1.29, 1.82) is 0 Å². The van der Waals surface area contributed by atoms with Gasteiger partial charge in [-0.1, -0.05) is 0 Å². The summed E-state index contributed by atoms with van der Waals surface area (Å²) in [6, 6.07) is 0. The number of aromatic amines is 1. The van der Waals surface area contributed by atoms with E-state index in [4.69, 9.17) is 15.2 Å². The van der Waals surface area contributed by atoms with Gasteiger partial charge in [0.05, 0.1) is 6.10 Å². The molecule has 1 aliphatic rings. The zero-order valence-electron chi connectivity index (χ0n) is 9.68. The lowest BCUT2D eigenvalue weighted by molar-refractivity contribution is -0.0157. The Labute approximate surface area is 98.7 Å². The van der Waals surface area contributed by atoms with Gasteiger partial charge >= 0.3 is 5.97 Å². The maximum Gasteiger partial charge on any atom is 0.376 e. The van der Waals surface area contributed by atoms with Crippen LogP contribution in [0, 0.1) is 0 Å². The Morgan fingerprint density at radius 3 is 2.88 bits per heavy atom. The van der Waals surface area contributed by atoms with Gasteiger partial charge in [0, 0.05) is 13.5 Å². The zero-order chi connectivity index (χ0) is 12.3. The minimum atomic E-state index is -0.518. The van der Waals surface area contributed by atoms with Crippen LogP contribution in [-0.2, 0) is 9.47 Å². The van der Waals surface area contributed by atoms with Gasteiger partial charge in [-0.25, -0.2) is 4.79 Å². The number of ether oxygens (including phenoxy) is 2. The second kappa shape index (κ2) is 5.13. The number of hydrogen-bond donors (Lipinski definition) is 2. The van der Waals surface area contributed by atoms with Crippen molar-refractivity contribution in [2.75, 3.05) is 12.8 Å². The minimum absolute atomic E-state index is 0.0374. The molecule has 0 bridgehead atoms. The van der Waals surface area contributed by atoms with Crippen LogP contribution in [-0.4, -0.2) is 40.5 Å². The van der Waals surface area contributed by atoms with E-state index in [2.05, 4.69) is 15.2 Å². The first-order valence-electron chi connectivity index (χ1n) is 5.60. The molecular formula is C10H16N4O3. The van der Waals surface area contributed by atoms with Gasteiger partial charge in [0.15, 0.2) is 0 Å². The van der Waals surface area contributed by atoms with Crippen molar-refractivity contribution in [2.24, 2.45) is 0 Å². The molecule has 1 fully saturated rings. The van der Waals surface area contributed by atoms with E-state index in [9.17, 15) is 4.79 Å². The third-order valence-corrected chi connectivity index (χ3v) is 2.88. The molecule has 7 heteroatoms. The van der Waals surface area contributed by atoms with E-state index in [0.717, 1.165) is 25.7 Å². The third-order valence-electron chi connectivity index (χ3n) is 2.88. The number of carbonyl (C=O) groups excluding carboxylic acids is 1. The van der Waals surface area contributed by atoms with Gasteiger partial charge in [0.1, 0.15) is 6.10 Å². The fraction of sp³-hybridized carbons (Fsp3) is 0.700. The summed E-state index contributed by atoms with van der Waals surface area (Å²) in [7, 11) is 1.67. The van der Waals surface area contributed by atoms with Crippen molar-refractivity contribution in [2.45, 2.75) is 37.9 Å². The van der Waals surface area contributed by atoms with Gasteiger partial charge in [-0.15, -0.1) is 5.10 Å². The van der Waals surface area contributed by atoms with Crippen molar-refractivity contribution in [3.63, 3.8) is 0 Å². The van der Waals surface area contributed by atoms with Gasteiger partial charge in [-0.3, -0.25) is 5.10 Å². The van der Waals surface area contributed by atoms with Gasteiger partial charge in [0.25, 0.3) is 0 Å². The SMILES string of the molecule is COC1CCCC(OC(=O)c2nc(N)n[nH]2)C1. The molecule has 17 heavy (non-hydrogen) atoms. The number of H-pyrrole nitrogens is 1. The summed E-state index contributed by atoms with van der Waals surface area (Å²) in [6.07, 6.45) is 3.64. The summed E-state index contributed by atoms with van der Waals surface area (Å²) in [5, 5.41) is 6.01. The fourth-order valence-electron chi connectivity index (χ4n) is 2.00. The monoisotopic (exact) mass is 240 g/mol. The number of nitrogens with two attached hydrogens (primary N) is 1. The van der Waals surface area contributed by atoms with Crippen molar-refractivity contribution in [3.05, 3.63) is 5.82 Å². The Morgan fingerprint density at radius 1 is 1.47 bits per heavy atom. The number of methoxy groups -OCH3 is 1. The normalized spacial score (nSPS) is 24.5. The Balaban J connectivity index is 1.90. The molecule has 1 aromatic heterocycles. The van der Waals surface area contributed by atoms with Gasteiger partial charge < -0.3 is 15.2 Å². The average Bonchev–Trinajstić information content (AvgIpc) is 2.76. The topological polar surface area (TPSA) is 103 Å². The molecule has 7 nitrogen and oxygen atoms in total. The Kier molecular flexibility index (Phi) is 3.58. The highest BCUT2D eigenvalue weighted by Gasteiger charge is 2.26. The number of nitrogen functional groups attached to an aromatic ring is 1. The first-order chi connectivity index (χ1) is 8.19. The van der Waals surface area contributed by atoms with Gasteiger partial charge in [-0.2, -0.15) is 4.98 Å². The van der Waals surface area contributed by atoms with Crippen molar-refractivity contribution >= 4 is 11.9 Å². The van der Waals surface area contributed by atoms with E-state index in [0.29, 0.717) is 0 Å². The van der Waals surface area contributed by atoms with Crippen LogP contribution in [0.2, 0.25) is 0 Å². The Bertz CT molecular complexity index is 393. The molecule has 0 amide bonds. The summed E-state index contributed by atoms with van der Waals surface area (Å²) in [4.78, 5) is 15.4. The van der Waals surface area contributed by atoms with E-state index in [1.807, 2.05) is 0 Å². The first kappa shape index (κ1) is 11.8. The van der Waals surface area contributed by atoms with Crippen LogP contribution in [0.3, 0.4) is 0 Å². The van der Waals surface area contributed by atoms with Gasteiger partial charge in [-0.05, 0) is 19.3 Å². The molecule has 0 radical (unpaired) electrons. The average molecular weight is 240 g/mol. The fourth-order valence-corrected chi connectivity index (χ4v) is 2.00. The molecule has 1 aliphatic carbocycles. The molecule has 1 aromatic rings. The predicted molar refractivity (Wildman–Crippen MR) is 59.3 cm³/mol. The summed E-state index contributed by atoms with van der Waals surface area (Å²) in [6.45, 7) is 0. The number of hydrogen-bond acceptors (Lipinski definition) is 6. The maximum atomic E-state index is 11.7. The summed E-state index contributed by atoms with van der Waals surface area (Å²) in [5.41, 5.74) is 5.31. The Morgan fingerprint density at radius 2 is 2.24 bits per heavy atom. The van der Waals surface area contributed by atoms with Crippen LogP contribution in [0.15, 0.2) is 0 Å². The molecule has 0 aromatic carbocycles. The standard InChI is InChI=1S/C10H16N4O3/c1-16-6-3-2-4-7(5-6)17-9(15)8-12-10(11)14-13-8/h6-7H,2-5H2,1H3,(H3,11,12,13,14). The highest BCUT2D eigenvalue weighted by molar-refractivity contribution is 5.85. The number of aromatic nitrogens is 3. The Hall–Kier alpha value is -1.63. The number of rotatable bonds is 3. The predicted octanol–water partition coefficient (Wildman–Crippen LogP) is 0.501. The van der Waals surface area contributed by atoms with E-state index in [-0.39, 0.29) is 24.0 Å². The lowest BCUT2D eigenvalue weighted by Crippen LogP contribution is -2.29. The van der Waals surface area contributed by atoms with E-state index >= 15 is 0 Å². The molecule has 0 spiro atoms. The molecule has 2 atom stereocenters. The zero-order valence-corrected chi connectivity index (χ0v) is 9.68. The largest absolute Gasteiger partial charge is 0.456 e. The number of esters is 1. The molecular weight excluding hydrogens is 224 g/mol. The second-order valence-corrected chi connectivity index (χ2v) is 4.09. The van der Waals surface area contributed by atoms with Crippen molar-refractivity contribution in [1.82, 2.24) is 15.2 Å². The maximum absolute atomic E-state index is 11.7. The summed E-state index contributed by atoms with van der Waals surface area (Å²) < 4.78 is 10.6. The van der Waals surface area contributed by atoms with Crippen LogP contribution in [0.1, 0.15) is 36.3 Å². The van der Waals surface area contributed by atoms with Crippen molar-refractivity contribution < 1.29 is 14.3 Å². The molecule has 0 aliphatic heterocycles. The van der Waals surface area contributed by atoms with E-state index < -0.39 is 5.97 Å². The number of anilines is 1. The second-order valence-electron chi connectivity index (χ2n) is 4.09. The van der Waals surface area contributed by atoms with Crippen LogP contribution >= 0.6 is 0 Å². The third kappa shape index (κ3) is 2.94. The van der Waals surface area contributed by atoms with E-state index in [1.54, 1.807) is 7.11 Å². The first-order valence-corrected chi connectivity index (χ1v) is 5.60. The number of nitrogens with one attached hydrogen (secondary N) is 1. The lowest BCUT2D eigenvalue weighted by atomic mass is 9.95. The number of carbonyl (C=O) groups is 1. The van der Waals surface area contributed by atoms with Crippen LogP contribution in [0.5, 0.6) is 0 Å². The smallest absolute Gasteiger partial charge is 0.376 e. The van der Waals surface area contributed by atoms with Crippen LogP contribution in [0.25, 0.3) is 0 Å². The lowest BCUT2D eigenvalue weighted by Gasteiger charge is -2.27. The van der Waals surface area contributed by atoms with Gasteiger partial charge in [0.2, 0.25) is 11.8 Å². The highest BCUT2D eigenvalue weighted by Crippen LogP contribution is 2.23. The number of nitrogens with zero attached hydrogens (tertiary/aromatic N) is 2. The molecule has 94 valence electrons. The highest BCUT2D eigenvalue weighted by atomic mass is 16.5. The molecule has 2 unspecified atom stereocenters. The van der Waals surface area contributed by atoms with Crippen LogP contribution < -0.4 is 5.73 Å². The molecule has 1 heterocycles.